The summed E-state index contributed by atoms with van der Waals surface area (Å²) in [4.78, 5) is 15.4. The Kier molecular flexibility index (Phi) is 8.33. The Morgan fingerprint density at radius 1 is 1.05 bits per heavy atom. The number of ether oxygens (including phenoxy) is 2. The molecule has 5 nitrogen and oxygen atoms in total. The fourth-order valence-electron chi connectivity index (χ4n) is 10.8. The third-order valence-corrected chi connectivity index (χ3v) is 12.9. The summed E-state index contributed by atoms with van der Waals surface area (Å²) in [6.45, 7) is 8.61. The van der Waals surface area contributed by atoms with Gasteiger partial charge in [0.2, 0.25) is 0 Å². The van der Waals surface area contributed by atoms with E-state index in [0.717, 1.165) is 61.5 Å². The van der Waals surface area contributed by atoms with Gasteiger partial charge in [0.25, 0.3) is 0 Å². The highest BCUT2D eigenvalue weighted by atomic mass is 16.6. The molecule has 2 saturated heterocycles. The lowest BCUT2D eigenvalue weighted by Gasteiger charge is -2.52. The zero-order valence-electron chi connectivity index (χ0n) is 26.1. The van der Waals surface area contributed by atoms with Crippen molar-refractivity contribution in [2.24, 2.45) is 40.7 Å². The van der Waals surface area contributed by atoms with Crippen molar-refractivity contribution in [2.75, 3.05) is 13.6 Å². The lowest BCUT2D eigenvalue weighted by Crippen LogP contribution is -2.52. The van der Waals surface area contributed by atoms with Crippen LogP contribution < -0.4 is 5.73 Å². The average molecular weight is 563 g/mol. The van der Waals surface area contributed by atoms with Crippen LogP contribution in [0.25, 0.3) is 0 Å². The fraction of sp³-hybridized carbons (Fsp3) is 0.750. The second kappa shape index (κ2) is 11.7. The first-order valence-electron chi connectivity index (χ1n) is 16.8. The van der Waals surface area contributed by atoms with Crippen molar-refractivity contribution in [1.29, 1.82) is 0 Å². The highest BCUT2D eigenvalue weighted by Crippen LogP contribution is 2.65. The van der Waals surface area contributed by atoms with Gasteiger partial charge in [-0.05, 0) is 113 Å². The van der Waals surface area contributed by atoms with Crippen LogP contribution in [-0.4, -0.2) is 42.3 Å². The second-order valence-electron chi connectivity index (χ2n) is 14.5. The van der Waals surface area contributed by atoms with Crippen molar-refractivity contribution < 1.29 is 14.3 Å². The SMILES string of the molecule is CC1=C2CC3C(CCC4CCCCC43C)C2CCC2(C1)OC1CCCN(C(=O)OCc3ccccc3)C1C2C.CN. The molecule has 4 aliphatic carbocycles. The van der Waals surface area contributed by atoms with E-state index >= 15 is 0 Å². The molecule has 7 rings (SSSR count). The topological polar surface area (TPSA) is 64.8 Å². The van der Waals surface area contributed by atoms with Gasteiger partial charge in [0, 0.05) is 12.5 Å². The van der Waals surface area contributed by atoms with Gasteiger partial charge in [-0.2, -0.15) is 0 Å². The molecule has 1 spiro atoms. The lowest BCUT2D eigenvalue weighted by atomic mass is 9.52. The summed E-state index contributed by atoms with van der Waals surface area (Å²) in [5.41, 5.74) is 9.43. The van der Waals surface area contributed by atoms with Crippen LogP contribution in [0.1, 0.15) is 103 Å². The van der Waals surface area contributed by atoms with E-state index in [4.69, 9.17) is 9.47 Å². The number of allylic oxidation sites excluding steroid dienone is 1. The molecule has 1 aromatic carbocycles. The third-order valence-electron chi connectivity index (χ3n) is 12.9. The molecule has 0 aromatic heterocycles. The zero-order valence-corrected chi connectivity index (χ0v) is 26.1. The first kappa shape index (κ1) is 29.2. The van der Waals surface area contributed by atoms with Gasteiger partial charge < -0.3 is 20.1 Å². The molecule has 226 valence electrons. The Bertz CT molecular complexity index is 1120. The Labute approximate surface area is 248 Å². The van der Waals surface area contributed by atoms with Crippen molar-refractivity contribution in [1.82, 2.24) is 4.90 Å². The average Bonchev–Trinajstić information content (AvgIpc) is 3.47. The number of hydrogen-bond donors (Lipinski definition) is 1. The molecule has 2 N–H and O–H groups in total. The Morgan fingerprint density at radius 3 is 2.66 bits per heavy atom. The highest BCUT2D eigenvalue weighted by molar-refractivity contribution is 5.68. The maximum absolute atomic E-state index is 13.4. The summed E-state index contributed by atoms with van der Waals surface area (Å²) in [5, 5.41) is 0. The Balaban J connectivity index is 0.00000148. The molecule has 2 aliphatic heterocycles. The fourth-order valence-corrected chi connectivity index (χ4v) is 10.8. The Morgan fingerprint density at radius 2 is 1.85 bits per heavy atom. The minimum atomic E-state index is -0.165. The largest absolute Gasteiger partial charge is 0.445 e. The number of nitrogens with zero attached hydrogens (tertiary/aromatic N) is 1. The molecular weight excluding hydrogens is 508 g/mol. The summed E-state index contributed by atoms with van der Waals surface area (Å²) in [7, 11) is 1.50. The normalized spacial score (nSPS) is 41.4. The summed E-state index contributed by atoms with van der Waals surface area (Å²) < 4.78 is 13.0. The van der Waals surface area contributed by atoms with Crippen LogP contribution in [0.2, 0.25) is 0 Å². The minimum absolute atomic E-state index is 0.127. The number of fused-ring (bicyclic) bond motifs is 6. The monoisotopic (exact) mass is 562 g/mol. The second-order valence-corrected chi connectivity index (χ2v) is 14.5. The summed E-state index contributed by atoms with van der Waals surface area (Å²) in [6.07, 6.45) is 15.6. The molecule has 41 heavy (non-hydrogen) atoms. The van der Waals surface area contributed by atoms with Crippen molar-refractivity contribution in [3.63, 3.8) is 0 Å². The Hall–Kier alpha value is -1.85. The number of hydrogen-bond acceptors (Lipinski definition) is 4. The number of benzene rings is 1. The van der Waals surface area contributed by atoms with Crippen molar-refractivity contribution in [3.8, 4) is 0 Å². The van der Waals surface area contributed by atoms with E-state index in [0.29, 0.717) is 17.9 Å². The smallest absolute Gasteiger partial charge is 0.410 e. The number of rotatable bonds is 2. The summed E-state index contributed by atoms with van der Waals surface area (Å²) in [5.74, 6) is 3.84. The molecule has 0 bridgehead atoms. The molecular formula is C36H54N2O3. The lowest BCUT2D eigenvalue weighted by molar-refractivity contribution is -0.0746. The molecule has 5 heteroatoms. The van der Waals surface area contributed by atoms with E-state index in [1.165, 1.54) is 58.4 Å². The maximum Gasteiger partial charge on any atom is 0.410 e. The van der Waals surface area contributed by atoms with Crippen LogP contribution in [0.5, 0.6) is 0 Å². The molecule has 0 radical (unpaired) electrons. The van der Waals surface area contributed by atoms with E-state index in [-0.39, 0.29) is 23.8 Å². The molecule has 1 amide bonds. The van der Waals surface area contributed by atoms with E-state index in [9.17, 15) is 4.79 Å². The molecule has 5 fully saturated rings. The number of nitrogens with two attached hydrogens (primary N) is 1. The molecule has 9 atom stereocenters. The van der Waals surface area contributed by atoms with Gasteiger partial charge in [-0.15, -0.1) is 0 Å². The number of carbonyl (C=O) groups excluding carboxylic acids is 1. The molecule has 3 saturated carbocycles. The molecule has 6 aliphatic rings. The van der Waals surface area contributed by atoms with Gasteiger partial charge in [0.05, 0.1) is 17.7 Å². The van der Waals surface area contributed by atoms with Crippen LogP contribution in [0.4, 0.5) is 4.79 Å². The van der Waals surface area contributed by atoms with Crippen molar-refractivity contribution >= 4 is 6.09 Å². The maximum atomic E-state index is 13.4. The highest BCUT2D eigenvalue weighted by Gasteiger charge is 2.60. The van der Waals surface area contributed by atoms with Crippen LogP contribution in [0, 0.1) is 35.0 Å². The van der Waals surface area contributed by atoms with E-state index in [2.05, 4.69) is 26.5 Å². The van der Waals surface area contributed by atoms with Gasteiger partial charge in [0.1, 0.15) is 6.61 Å². The predicted molar refractivity (Wildman–Crippen MR) is 164 cm³/mol. The summed E-state index contributed by atoms with van der Waals surface area (Å²) >= 11 is 0. The van der Waals surface area contributed by atoms with Crippen molar-refractivity contribution in [3.05, 3.63) is 47.0 Å². The van der Waals surface area contributed by atoms with Gasteiger partial charge in [-0.25, -0.2) is 4.79 Å². The van der Waals surface area contributed by atoms with E-state index in [1.54, 1.807) is 5.57 Å². The van der Waals surface area contributed by atoms with Gasteiger partial charge >= 0.3 is 6.09 Å². The molecule has 1 aromatic rings. The standard InChI is InChI=1S/C35H49NO3.CH5N/c1-23-21-35(18-16-27-28-15-14-26-12-7-8-17-34(26,3)30(28)20-29(23)27)24(2)32-31(39-35)13-9-19-36(32)33(37)38-22-25-10-5-4-6-11-25;1-2/h4-6,10-11,24,26-28,30-32H,7-9,12-22H2,1-3H3;2H2,1H3. The number of likely N-dealkylation sites (tertiary alicyclic amines) is 1. The van der Waals surface area contributed by atoms with Gasteiger partial charge in [0.15, 0.2) is 0 Å². The molecule has 9 unspecified atom stereocenters. The zero-order chi connectivity index (χ0) is 28.8. The minimum Gasteiger partial charge on any atom is -0.445 e. The van der Waals surface area contributed by atoms with Crippen LogP contribution in [0.3, 0.4) is 0 Å². The third kappa shape index (κ3) is 4.97. The van der Waals surface area contributed by atoms with E-state index in [1.807, 2.05) is 40.8 Å². The number of amides is 1. The first-order chi connectivity index (χ1) is 19.9. The van der Waals surface area contributed by atoms with Crippen LogP contribution >= 0.6 is 0 Å². The molecule has 2 heterocycles. The van der Waals surface area contributed by atoms with Gasteiger partial charge in [-0.3, -0.25) is 0 Å². The predicted octanol–water partition coefficient (Wildman–Crippen LogP) is 7.88. The summed E-state index contributed by atoms with van der Waals surface area (Å²) in [6, 6.07) is 10.2. The van der Waals surface area contributed by atoms with Crippen molar-refractivity contribution in [2.45, 2.75) is 122 Å². The number of piperidine rings is 1. The quantitative estimate of drug-likeness (QED) is 0.372. The first-order valence-corrected chi connectivity index (χ1v) is 16.8. The number of carbonyl (C=O) groups is 1. The van der Waals surface area contributed by atoms with Crippen LogP contribution in [-0.2, 0) is 16.1 Å². The van der Waals surface area contributed by atoms with E-state index < -0.39 is 0 Å². The van der Waals surface area contributed by atoms with Crippen LogP contribution in [0.15, 0.2) is 41.5 Å². The van der Waals surface area contributed by atoms with Gasteiger partial charge in [-0.1, -0.05) is 68.2 Å².